The number of rotatable bonds is 8. The summed E-state index contributed by atoms with van der Waals surface area (Å²) in [5.41, 5.74) is 7.34. The van der Waals surface area contributed by atoms with Gasteiger partial charge in [0.25, 0.3) is 5.91 Å². The van der Waals surface area contributed by atoms with Gasteiger partial charge in [0.05, 0.1) is 30.7 Å². The molecular formula is C22H26N10O3. The minimum Gasteiger partial charge on any atom is -0.479 e. The molecule has 3 aromatic rings. The molecule has 13 heteroatoms. The molecule has 3 aromatic heterocycles. The molecule has 1 aliphatic heterocycles. The van der Waals surface area contributed by atoms with Gasteiger partial charge in [-0.05, 0) is 25.8 Å². The van der Waals surface area contributed by atoms with Crippen molar-refractivity contribution in [1.82, 2.24) is 34.6 Å². The molecule has 0 spiro atoms. The number of piperidine rings is 1. The molecule has 0 aliphatic carbocycles. The van der Waals surface area contributed by atoms with Gasteiger partial charge in [0.1, 0.15) is 23.4 Å². The molecule has 0 saturated carbocycles. The average Bonchev–Trinajstić information content (AvgIpc) is 3.33. The summed E-state index contributed by atoms with van der Waals surface area (Å²) >= 11 is 0. The van der Waals surface area contributed by atoms with Crippen LogP contribution >= 0.6 is 0 Å². The van der Waals surface area contributed by atoms with Crippen molar-refractivity contribution in [3.63, 3.8) is 0 Å². The van der Waals surface area contributed by atoms with Gasteiger partial charge in [0.2, 0.25) is 17.7 Å². The smallest absolute Gasteiger partial charge is 0.254 e. The molecule has 0 bridgehead atoms. The van der Waals surface area contributed by atoms with E-state index >= 15 is 0 Å². The zero-order chi connectivity index (χ0) is 24.9. The third kappa shape index (κ3) is 5.18. The van der Waals surface area contributed by atoms with Gasteiger partial charge < -0.3 is 26.0 Å². The molecule has 1 aliphatic rings. The number of anilines is 4. The molecule has 0 aromatic carbocycles. The van der Waals surface area contributed by atoms with E-state index in [-0.39, 0.29) is 29.3 Å². The molecule has 182 valence electrons. The number of hydrogen-bond acceptors (Lipinski definition) is 10. The summed E-state index contributed by atoms with van der Waals surface area (Å²) in [5.74, 6) is -0.0401. The van der Waals surface area contributed by atoms with Crippen molar-refractivity contribution in [3.8, 4) is 5.88 Å². The van der Waals surface area contributed by atoms with Crippen molar-refractivity contribution < 1.29 is 14.3 Å². The third-order valence-electron chi connectivity index (χ3n) is 5.68. The SMILES string of the molecule is C=CC(=O)N1CCC(n2cc(Nc3ncc(C(N)=O)c(Nc4c(C)ncnc4OC)n3)cn2)CC1. The van der Waals surface area contributed by atoms with E-state index in [4.69, 9.17) is 10.5 Å². The Morgan fingerprint density at radius 2 is 1.97 bits per heavy atom. The molecule has 4 heterocycles. The number of nitrogens with one attached hydrogen (secondary N) is 2. The highest BCUT2D eigenvalue weighted by Gasteiger charge is 2.23. The highest BCUT2D eigenvalue weighted by Crippen LogP contribution is 2.29. The van der Waals surface area contributed by atoms with Crippen LogP contribution in [0, 0.1) is 6.92 Å². The Balaban J connectivity index is 1.51. The maximum absolute atomic E-state index is 12.0. The van der Waals surface area contributed by atoms with Crippen LogP contribution in [0.3, 0.4) is 0 Å². The second-order valence-corrected chi connectivity index (χ2v) is 7.88. The van der Waals surface area contributed by atoms with Crippen LogP contribution in [0.15, 0.2) is 37.6 Å². The molecule has 0 radical (unpaired) electrons. The van der Waals surface area contributed by atoms with Gasteiger partial charge in [-0.25, -0.2) is 9.97 Å². The number of aromatic nitrogens is 6. The fourth-order valence-corrected chi connectivity index (χ4v) is 3.80. The largest absolute Gasteiger partial charge is 0.479 e. The summed E-state index contributed by atoms with van der Waals surface area (Å²) in [6.45, 7) is 6.61. The molecule has 0 atom stereocenters. The fourth-order valence-electron chi connectivity index (χ4n) is 3.80. The molecule has 1 fully saturated rings. The van der Waals surface area contributed by atoms with Crippen LogP contribution in [-0.2, 0) is 4.79 Å². The Hall–Kier alpha value is -4.55. The number of nitrogens with zero attached hydrogens (tertiary/aromatic N) is 7. The summed E-state index contributed by atoms with van der Waals surface area (Å²) in [6, 6.07) is 0.170. The number of carbonyl (C=O) groups excluding carboxylic acids is 2. The summed E-state index contributed by atoms with van der Waals surface area (Å²) in [7, 11) is 1.48. The van der Waals surface area contributed by atoms with Crippen molar-refractivity contribution in [2.24, 2.45) is 5.73 Å². The number of aryl methyl sites for hydroxylation is 1. The van der Waals surface area contributed by atoms with E-state index < -0.39 is 5.91 Å². The Morgan fingerprint density at radius 3 is 2.66 bits per heavy atom. The zero-order valence-corrected chi connectivity index (χ0v) is 19.4. The number of methoxy groups -OCH3 is 1. The molecule has 4 rings (SSSR count). The number of hydrogen-bond donors (Lipinski definition) is 3. The van der Waals surface area contributed by atoms with Crippen LogP contribution in [0.2, 0.25) is 0 Å². The Kier molecular flexibility index (Phi) is 6.85. The quantitative estimate of drug-likeness (QED) is 0.406. The number of ether oxygens (including phenoxy) is 1. The lowest BCUT2D eigenvalue weighted by Crippen LogP contribution is -2.38. The maximum atomic E-state index is 12.0. The Bertz CT molecular complexity index is 1250. The predicted octanol–water partition coefficient (Wildman–Crippen LogP) is 1.72. The van der Waals surface area contributed by atoms with Gasteiger partial charge in [-0.2, -0.15) is 15.1 Å². The summed E-state index contributed by atoms with van der Waals surface area (Å²) in [4.78, 5) is 42.4. The second-order valence-electron chi connectivity index (χ2n) is 7.88. The van der Waals surface area contributed by atoms with E-state index in [1.165, 1.54) is 25.7 Å². The number of carbonyl (C=O) groups is 2. The maximum Gasteiger partial charge on any atom is 0.254 e. The van der Waals surface area contributed by atoms with Crippen LogP contribution in [-0.4, -0.2) is 66.6 Å². The van der Waals surface area contributed by atoms with Crippen LogP contribution in [0.4, 0.5) is 23.1 Å². The number of primary amides is 1. The van der Waals surface area contributed by atoms with Gasteiger partial charge in [-0.1, -0.05) is 6.58 Å². The zero-order valence-electron chi connectivity index (χ0n) is 19.4. The summed E-state index contributed by atoms with van der Waals surface area (Å²) in [5, 5.41) is 10.6. The highest BCUT2D eigenvalue weighted by atomic mass is 16.5. The first kappa shape index (κ1) is 23.6. The summed E-state index contributed by atoms with van der Waals surface area (Å²) in [6.07, 6.45) is 9.15. The van der Waals surface area contributed by atoms with Gasteiger partial charge >= 0.3 is 0 Å². The van der Waals surface area contributed by atoms with Crippen LogP contribution in [0.25, 0.3) is 0 Å². The first-order valence-corrected chi connectivity index (χ1v) is 10.9. The van der Waals surface area contributed by atoms with E-state index in [9.17, 15) is 9.59 Å². The molecule has 4 N–H and O–H groups in total. The van der Waals surface area contributed by atoms with Crippen molar-refractivity contribution in [3.05, 3.63) is 48.8 Å². The second kappa shape index (κ2) is 10.2. The van der Waals surface area contributed by atoms with Crippen molar-refractivity contribution in [2.45, 2.75) is 25.8 Å². The van der Waals surface area contributed by atoms with E-state index in [2.05, 4.69) is 42.2 Å². The van der Waals surface area contributed by atoms with Crippen LogP contribution in [0.5, 0.6) is 5.88 Å². The average molecular weight is 479 g/mol. The monoisotopic (exact) mass is 478 g/mol. The van der Waals surface area contributed by atoms with Crippen molar-refractivity contribution in [2.75, 3.05) is 30.8 Å². The van der Waals surface area contributed by atoms with Crippen molar-refractivity contribution >= 4 is 35.0 Å². The van der Waals surface area contributed by atoms with Gasteiger partial charge in [-0.15, -0.1) is 0 Å². The molecule has 35 heavy (non-hydrogen) atoms. The van der Waals surface area contributed by atoms with E-state index in [1.54, 1.807) is 18.0 Å². The minimum absolute atomic E-state index is 0.0536. The molecule has 1 saturated heterocycles. The topological polar surface area (TPSA) is 166 Å². The number of likely N-dealkylation sites (tertiary alicyclic amines) is 1. The molecule has 0 unspecified atom stereocenters. The Labute approximate surface area is 201 Å². The third-order valence-corrected chi connectivity index (χ3v) is 5.68. The molecular weight excluding hydrogens is 452 g/mol. The lowest BCUT2D eigenvalue weighted by molar-refractivity contribution is -0.127. The number of amides is 2. The van der Waals surface area contributed by atoms with Crippen LogP contribution < -0.4 is 21.1 Å². The van der Waals surface area contributed by atoms with E-state index in [1.807, 2.05) is 10.9 Å². The van der Waals surface area contributed by atoms with E-state index in [0.29, 0.717) is 36.0 Å². The minimum atomic E-state index is -0.693. The lowest BCUT2D eigenvalue weighted by atomic mass is 10.1. The standard InChI is InChI=1S/C22H26N10O3/c1-4-17(33)31-7-5-15(6-8-31)32-11-14(9-27-32)28-22-24-10-16(19(23)34)20(30-22)29-18-13(2)25-12-26-21(18)35-3/h4,9-12,15H,1,5-8H2,2-3H3,(H2,23,34)(H2,24,28,29,30). The van der Waals surface area contributed by atoms with E-state index in [0.717, 1.165) is 12.8 Å². The van der Waals surface area contributed by atoms with Gasteiger partial charge in [0, 0.05) is 25.5 Å². The predicted molar refractivity (Wildman–Crippen MR) is 128 cm³/mol. The van der Waals surface area contributed by atoms with Crippen LogP contribution in [0.1, 0.15) is 34.9 Å². The number of nitrogens with two attached hydrogens (primary N) is 1. The Morgan fingerprint density at radius 1 is 1.20 bits per heavy atom. The summed E-state index contributed by atoms with van der Waals surface area (Å²) < 4.78 is 7.15. The normalized spacial score (nSPS) is 13.8. The molecule has 2 amide bonds. The van der Waals surface area contributed by atoms with Gasteiger partial charge in [0.15, 0.2) is 0 Å². The lowest BCUT2D eigenvalue weighted by Gasteiger charge is -2.31. The molecule has 13 nitrogen and oxygen atoms in total. The highest BCUT2D eigenvalue weighted by molar-refractivity contribution is 5.98. The van der Waals surface area contributed by atoms with Gasteiger partial charge in [-0.3, -0.25) is 14.3 Å². The first-order valence-electron chi connectivity index (χ1n) is 10.9. The first-order chi connectivity index (χ1) is 16.9. The van der Waals surface area contributed by atoms with Crippen molar-refractivity contribution in [1.29, 1.82) is 0 Å². The fraction of sp³-hybridized carbons (Fsp3) is 0.318.